The van der Waals surface area contributed by atoms with E-state index in [9.17, 15) is 4.79 Å². The lowest BCUT2D eigenvalue weighted by atomic mass is 10.0. The molecule has 0 bridgehead atoms. The Hall–Kier alpha value is -1.05. The lowest BCUT2D eigenvalue weighted by Gasteiger charge is -2.03. The second-order valence-electron chi connectivity index (χ2n) is 8.18. The van der Waals surface area contributed by atoms with Crippen LogP contribution in [0.5, 0.6) is 0 Å². The first-order chi connectivity index (χ1) is 13.8. The first-order valence-corrected chi connectivity index (χ1v) is 12.3. The van der Waals surface area contributed by atoms with Gasteiger partial charge in [0.05, 0.1) is 0 Å². The molecule has 0 saturated heterocycles. The molecule has 0 aliphatic rings. The molecule has 0 aliphatic carbocycles. The molecule has 0 aliphatic heterocycles. The van der Waals surface area contributed by atoms with Gasteiger partial charge in [-0.1, -0.05) is 121 Å². The van der Waals surface area contributed by atoms with Crippen LogP contribution in [0.4, 0.5) is 0 Å². The van der Waals surface area contributed by atoms with Gasteiger partial charge < -0.3 is 5.11 Å². The Balaban J connectivity index is 3.06. The molecule has 0 heterocycles. The molecule has 1 N–H and O–H groups in total. The molecule has 0 amide bonds. The maximum Gasteiger partial charge on any atom is 0.303 e. The number of hydrogen-bond acceptors (Lipinski definition) is 1. The molecule has 0 aromatic heterocycles. The number of carboxylic acid groups (broad SMARTS) is 1. The molecule has 0 radical (unpaired) electrons. The fourth-order valence-corrected chi connectivity index (χ4v) is 3.57. The molecule has 2 nitrogen and oxygen atoms in total. The van der Waals surface area contributed by atoms with Crippen LogP contribution in [0.1, 0.15) is 135 Å². The summed E-state index contributed by atoms with van der Waals surface area (Å²) in [6, 6.07) is 0. The van der Waals surface area contributed by atoms with Crippen molar-refractivity contribution in [1.82, 2.24) is 0 Å². The lowest BCUT2D eigenvalue weighted by Crippen LogP contribution is -1.93. The molecule has 0 unspecified atom stereocenters. The Morgan fingerprint density at radius 2 is 0.964 bits per heavy atom. The van der Waals surface area contributed by atoms with Gasteiger partial charge in [-0.05, 0) is 32.1 Å². The molecular formula is C26H48O2. The summed E-state index contributed by atoms with van der Waals surface area (Å²) in [4.78, 5) is 10.4. The minimum Gasteiger partial charge on any atom is -0.481 e. The van der Waals surface area contributed by atoms with Gasteiger partial charge in [-0.25, -0.2) is 0 Å². The van der Waals surface area contributed by atoms with Crippen molar-refractivity contribution in [1.29, 1.82) is 0 Å². The van der Waals surface area contributed by atoms with Gasteiger partial charge in [0.1, 0.15) is 0 Å². The average Bonchev–Trinajstić information content (AvgIpc) is 2.68. The van der Waals surface area contributed by atoms with Crippen molar-refractivity contribution in [2.45, 2.75) is 135 Å². The van der Waals surface area contributed by atoms with E-state index in [1.165, 1.54) is 96.3 Å². The second-order valence-corrected chi connectivity index (χ2v) is 8.18. The Morgan fingerprint density at radius 3 is 1.39 bits per heavy atom. The van der Waals surface area contributed by atoms with Gasteiger partial charge in [0, 0.05) is 6.42 Å². The number of allylic oxidation sites excluding steroid dienone is 4. The van der Waals surface area contributed by atoms with Crippen LogP contribution in [-0.4, -0.2) is 11.1 Å². The third-order valence-corrected chi connectivity index (χ3v) is 5.35. The molecule has 0 aromatic rings. The van der Waals surface area contributed by atoms with Crippen LogP contribution < -0.4 is 0 Å². The minimum atomic E-state index is -0.654. The predicted octanol–water partition coefficient (Wildman–Crippen LogP) is 9.01. The van der Waals surface area contributed by atoms with E-state index in [2.05, 4.69) is 31.2 Å². The summed E-state index contributed by atoms with van der Waals surface area (Å²) in [7, 11) is 0. The zero-order valence-corrected chi connectivity index (χ0v) is 18.8. The minimum absolute atomic E-state index is 0.342. The van der Waals surface area contributed by atoms with Gasteiger partial charge in [-0.15, -0.1) is 0 Å². The van der Waals surface area contributed by atoms with Crippen molar-refractivity contribution in [3.05, 3.63) is 24.3 Å². The van der Waals surface area contributed by atoms with Crippen LogP contribution in [0.2, 0.25) is 0 Å². The van der Waals surface area contributed by atoms with Gasteiger partial charge >= 0.3 is 5.97 Å². The van der Waals surface area contributed by atoms with E-state index in [4.69, 9.17) is 5.11 Å². The number of aliphatic carboxylic acids is 1. The van der Waals surface area contributed by atoms with Crippen LogP contribution in [-0.2, 0) is 4.79 Å². The van der Waals surface area contributed by atoms with Crippen LogP contribution in [0.3, 0.4) is 0 Å². The molecular weight excluding hydrogens is 344 g/mol. The molecule has 0 spiro atoms. The fraction of sp³-hybridized carbons (Fsp3) is 0.808. The normalized spacial score (nSPS) is 11.8. The summed E-state index contributed by atoms with van der Waals surface area (Å²) < 4.78 is 0. The third kappa shape index (κ3) is 24.9. The number of hydrogen-bond donors (Lipinski definition) is 1. The van der Waals surface area contributed by atoms with Gasteiger partial charge in [-0.3, -0.25) is 4.79 Å². The maximum atomic E-state index is 10.4. The summed E-state index contributed by atoms with van der Waals surface area (Å²) in [6.07, 6.45) is 34.1. The molecule has 0 aromatic carbocycles. The van der Waals surface area contributed by atoms with E-state index in [-0.39, 0.29) is 0 Å². The molecule has 0 atom stereocenters. The van der Waals surface area contributed by atoms with E-state index in [1.54, 1.807) is 0 Å². The molecule has 0 fully saturated rings. The van der Waals surface area contributed by atoms with Crippen molar-refractivity contribution >= 4 is 5.97 Å². The number of rotatable bonds is 22. The first kappa shape index (κ1) is 27.0. The quantitative estimate of drug-likeness (QED) is 0.147. The highest BCUT2D eigenvalue weighted by atomic mass is 16.4. The van der Waals surface area contributed by atoms with E-state index < -0.39 is 5.97 Å². The van der Waals surface area contributed by atoms with Gasteiger partial charge in [0.15, 0.2) is 0 Å². The Morgan fingerprint density at radius 1 is 0.571 bits per heavy atom. The fourth-order valence-electron chi connectivity index (χ4n) is 3.57. The monoisotopic (exact) mass is 392 g/mol. The van der Waals surface area contributed by atoms with Crippen LogP contribution in [0, 0.1) is 0 Å². The zero-order chi connectivity index (χ0) is 20.5. The number of carbonyl (C=O) groups is 1. The Bertz CT molecular complexity index is 371. The van der Waals surface area contributed by atoms with Crippen molar-refractivity contribution in [2.75, 3.05) is 0 Å². The molecule has 0 rings (SSSR count). The van der Waals surface area contributed by atoms with Crippen molar-refractivity contribution in [3.8, 4) is 0 Å². The summed E-state index contributed by atoms with van der Waals surface area (Å²) in [5, 5.41) is 8.58. The summed E-state index contributed by atoms with van der Waals surface area (Å²) in [5.41, 5.74) is 0. The standard InChI is InChI=1S/C26H48O2/c1-2-3-4-5-6-7-8-9-10-11-12-13-14-15-16-17-18-19-20-21-22-23-24-25-26(27)28/h3-4,6-7H,2,5,8-25H2,1H3,(H,27,28). The van der Waals surface area contributed by atoms with Gasteiger partial charge in [0.25, 0.3) is 0 Å². The lowest BCUT2D eigenvalue weighted by molar-refractivity contribution is -0.137. The molecule has 2 heteroatoms. The Kier molecular flexibility index (Phi) is 23.1. The molecule has 0 saturated carbocycles. The smallest absolute Gasteiger partial charge is 0.303 e. The number of carboxylic acids is 1. The van der Waals surface area contributed by atoms with E-state index >= 15 is 0 Å². The van der Waals surface area contributed by atoms with Crippen molar-refractivity contribution < 1.29 is 9.90 Å². The molecule has 164 valence electrons. The third-order valence-electron chi connectivity index (χ3n) is 5.35. The topological polar surface area (TPSA) is 37.3 Å². The van der Waals surface area contributed by atoms with Crippen LogP contribution >= 0.6 is 0 Å². The van der Waals surface area contributed by atoms with Crippen molar-refractivity contribution in [3.63, 3.8) is 0 Å². The largest absolute Gasteiger partial charge is 0.481 e. The first-order valence-electron chi connectivity index (χ1n) is 12.3. The van der Waals surface area contributed by atoms with Crippen molar-refractivity contribution in [2.24, 2.45) is 0 Å². The number of unbranched alkanes of at least 4 members (excludes halogenated alkanes) is 16. The Labute approximate surface area is 175 Å². The van der Waals surface area contributed by atoms with E-state index in [1.807, 2.05) is 0 Å². The highest BCUT2D eigenvalue weighted by molar-refractivity contribution is 5.66. The van der Waals surface area contributed by atoms with Crippen LogP contribution in [0.15, 0.2) is 24.3 Å². The predicted molar refractivity (Wildman–Crippen MR) is 124 cm³/mol. The zero-order valence-electron chi connectivity index (χ0n) is 18.8. The summed E-state index contributed by atoms with van der Waals surface area (Å²) in [5.74, 6) is -0.654. The van der Waals surface area contributed by atoms with E-state index in [0.29, 0.717) is 6.42 Å². The van der Waals surface area contributed by atoms with E-state index in [0.717, 1.165) is 25.7 Å². The summed E-state index contributed by atoms with van der Waals surface area (Å²) >= 11 is 0. The highest BCUT2D eigenvalue weighted by Crippen LogP contribution is 2.14. The highest BCUT2D eigenvalue weighted by Gasteiger charge is 1.97. The molecule has 28 heavy (non-hydrogen) atoms. The van der Waals surface area contributed by atoms with Crippen LogP contribution in [0.25, 0.3) is 0 Å². The second kappa shape index (κ2) is 24.0. The van der Waals surface area contributed by atoms with Gasteiger partial charge in [-0.2, -0.15) is 0 Å². The average molecular weight is 393 g/mol. The SMILES string of the molecule is CCC=CCC=CCCCCCCCCCCCCCCCCCCC(=O)O. The van der Waals surface area contributed by atoms with Gasteiger partial charge in [0.2, 0.25) is 0 Å². The maximum absolute atomic E-state index is 10.4. The summed E-state index contributed by atoms with van der Waals surface area (Å²) in [6.45, 7) is 2.18.